The van der Waals surface area contributed by atoms with E-state index in [-0.39, 0.29) is 17.1 Å². The first-order valence-corrected chi connectivity index (χ1v) is 14.0. The van der Waals surface area contributed by atoms with Gasteiger partial charge >= 0.3 is 0 Å². The lowest BCUT2D eigenvalue weighted by Gasteiger charge is -2.23. The Kier molecular flexibility index (Phi) is 7.01. The number of nitrogen functional groups attached to an aromatic ring is 1. The summed E-state index contributed by atoms with van der Waals surface area (Å²) in [6.45, 7) is 1.96. The number of benzene rings is 2. The summed E-state index contributed by atoms with van der Waals surface area (Å²) in [5.41, 5.74) is 9.93. The molecule has 0 aliphatic carbocycles. The molecular weight excluding hydrogens is 550 g/mol. The third-order valence-electron chi connectivity index (χ3n) is 7.02. The van der Waals surface area contributed by atoms with Gasteiger partial charge < -0.3 is 20.4 Å². The molecule has 42 heavy (non-hydrogen) atoms. The molecule has 0 radical (unpaired) electrons. The highest BCUT2D eigenvalue weighted by Gasteiger charge is 2.21. The number of aromatic nitrogens is 5. The minimum atomic E-state index is -0.392. The zero-order chi connectivity index (χ0) is 29.4. The number of pyridine rings is 2. The Balaban J connectivity index is 1.53. The smallest absolute Gasteiger partial charge is 0.273 e. The molecule has 4 aromatic heterocycles. The van der Waals surface area contributed by atoms with Crippen molar-refractivity contribution in [3.63, 3.8) is 0 Å². The van der Waals surface area contributed by atoms with E-state index < -0.39 is 6.04 Å². The van der Waals surface area contributed by atoms with Crippen molar-refractivity contribution in [1.82, 2.24) is 24.1 Å². The lowest BCUT2D eigenvalue weighted by atomic mass is 9.98. The van der Waals surface area contributed by atoms with Gasteiger partial charge in [0, 0.05) is 42.3 Å². The van der Waals surface area contributed by atoms with E-state index >= 15 is 0 Å². The van der Waals surface area contributed by atoms with Crippen LogP contribution in [-0.2, 0) is 7.05 Å². The first-order chi connectivity index (χ1) is 20.3. The summed E-state index contributed by atoms with van der Waals surface area (Å²) in [4.78, 5) is 39.6. The molecule has 10 nitrogen and oxygen atoms in total. The molecule has 3 N–H and O–H groups in total. The minimum Gasteiger partial charge on any atom is -0.473 e. The number of hydrogen-bond donors (Lipinski definition) is 2. The Morgan fingerprint density at radius 3 is 2.55 bits per heavy atom. The number of anilines is 2. The van der Waals surface area contributed by atoms with Crippen LogP contribution < -0.4 is 26.9 Å². The third-order valence-corrected chi connectivity index (χ3v) is 7.83. The number of nitrogens with two attached hydrogens (primary N) is 1. The van der Waals surface area contributed by atoms with E-state index in [0.717, 1.165) is 27.9 Å². The number of hydrogen-bond acceptors (Lipinski definition) is 9. The van der Waals surface area contributed by atoms with Crippen LogP contribution in [0.15, 0.2) is 94.1 Å². The summed E-state index contributed by atoms with van der Waals surface area (Å²) in [7, 11) is 3.26. The van der Waals surface area contributed by atoms with Gasteiger partial charge in [0.2, 0.25) is 11.5 Å². The molecule has 210 valence electrons. The molecule has 0 unspecified atom stereocenters. The predicted molar refractivity (Wildman–Crippen MR) is 166 cm³/mol. The van der Waals surface area contributed by atoms with Crippen LogP contribution in [-0.4, -0.2) is 31.2 Å². The zero-order valence-electron chi connectivity index (χ0n) is 23.1. The van der Waals surface area contributed by atoms with E-state index in [0.29, 0.717) is 27.7 Å². The summed E-state index contributed by atoms with van der Waals surface area (Å²) in [5.74, 6) is 0.588. The molecular formula is C31H27N7O3S. The monoisotopic (exact) mass is 577 g/mol. The Labute approximate surface area is 244 Å². The van der Waals surface area contributed by atoms with E-state index in [1.807, 2.05) is 66.9 Å². The lowest BCUT2D eigenvalue weighted by molar-refractivity contribution is 0.412. The minimum absolute atomic E-state index is 0.108. The van der Waals surface area contributed by atoms with E-state index in [4.69, 9.17) is 10.5 Å². The number of nitrogens with one attached hydrogen (secondary N) is 1. The van der Waals surface area contributed by atoms with Crippen LogP contribution in [0.2, 0.25) is 0 Å². The molecule has 0 saturated carbocycles. The number of fused-ring (bicyclic) bond motifs is 1. The standard InChI is InChI=1S/C31H27N7O3S/c1-18(34-28-23(15-33-30(32)36-28)24-17-42-31(35-24)41-3)25-14-19-8-7-11-22(20-12-13-26(39)37(2)16-20)27(19)29(40)38(25)21-9-5-4-6-10-21/h4-18H,1-3H3,(H3,32,33,34,36)/t18-/m0/s1. The first-order valence-electron chi connectivity index (χ1n) is 13.1. The molecule has 6 rings (SSSR count). The third kappa shape index (κ3) is 4.90. The molecule has 0 aliphatic rings. The van der Waals surface area contributed by atoms with Crippen molar-refractivity contribution in [1.29, 1.82) is 0 Å². The maximum atomic E-state index is 14.4. The number of methoxy groups -OCH3 is 1. The average molecular weight is 578 g/mol. The van der Waals surface area contributed by atoms with Crippen LogP contribution in [0.5, 0.6) is 5.19 Å². The maximum Gasteiger partial charge on any atom is 0.273 e. The molecule has 1 atom stereocenters. The summed E-state index contributed by atoms with van der Waals surface area (Å²) in [6.07, 6.45) is 3.37. The molecule has 0 spiro atoms. The number of aryl methyl sites for hydroxylation is 1. The predicted octanol–water partition coefficient (Wildman–Crippen LogP) is 5.03. The van der Waals surface area contributed by atoms with Gasteiger partial charge in [0.15, 0.2) is 0 Å². The quantitative estimate of drug-likeness (QED) is 0.270. The Morgan fingerprint density at radius 2 is 1.81 bits per heavy atom. The summed E-state index contributed by atoms with van der Waals surface area (Å²) in [6, 6.07) is 20.1. The largest absolute Gasteiger partial charge is 0.473 e. The summed E-state index contributed by atoms with van der Waals surface area (Å²) < 4.78 is 8.49. The highest BCUT2D eigenvalue weighted by atomic mass is 32.1. The van der Waals surface area contributed by atoms with Crippen LogP contribution >= 0.6 is 11.3 Å². The number of para-hydroxylation sites is 1. The molecule has 0 amide bonds. The second-order valence-electron chi connectivity index (χ2n) is 9.74. The van der Waals surface area contributed by atoms with Gasteiger partial charge in [0.05, 0.1) is 29.8 Å². The van der Waals surface area contributed by atoms with E-state index in [1.165, 1.54) is 22.0 Å². The summed E-state index contributed by atoms with van der Waals surface area (Å²) in [5, 5.41) is 7.15. The molecule has 6 aromatic rings. The first kappa shape index (κ1) is 26.9. The van der Waals surface area contributed by atoms with Gasteiger partial charge in [-0.05, 0) is 47.7 Å². The number of nitrogens with zero attached hydrogens (tertiary/aromatic N) is 5. The average Bonchev–Trinajstić information content (AvgIpc) is 3.48. The van der Waals surface area contributed by atoms with Gasteiger partial charge in [0.1, 0.15) is 5.82 Å². The number of ether oxygens (including phenoxy) is 1. The Hall–Kier alpha value is -5.29. The van der Waals surface area contributed by atoms with Gasteiger partial charge in [-0.25, -0.2) is 9.97 Å². The fourth-order valence-corrected chi connectivity index (χ4v) is 5.62. The van der Waals surface area contributed by atoms with Gasteiger partial charge in [-0.15, -0.1) is 0 Å². The van der Waals surface area contributed by atoms with Crippen LogP contribution in [0, 0.1) is 0 Å². The van der Waals surface area contributed by atoms with Gasteiger partial charge in [-0.2, -0.15) is 4.98 Å². The van der Waals surface area contributed by atoms with Crippen molar-refractivity contribution >= 4 is 33.9 Å². The van der Waals surface area contributed by atoms with Crippen molar-refractivity contribution in [3.8, 4) is 33.3 Å². The molecule has 2 aromatic carbocycles. The molecule has 0 bridgehead atoms. The van der Waals surface area contributed by atoms with Gasteiger partial charge in [-0.3, -0.25) is 14.2 Å². The topological polar surface area (TPSA) is 130 Å². The molecule has 11 heteroatoms. The number of thiazole rings is 1. The fraction of sp³-hybridized carbons (Fsp3) is 0.129. The van der Waals surface area contributed by atoms with Gasteiger partial charge in [-0.1, -0.05) is 47.7 Å². The van der Waals surface area contributed by atoms with Crippen LogP contribution in [0.4, 0.5) is 11.8 Å². The molecule has 0 aliphatic heterocycles. The van der Waals surface area contributed by atoms with Crippen molar-refractivity contribution in [2.24, 2.45) is 7.05 Å². The Morgan fingerprint density at radius 1 is 1.00 bits per heavy atom. The SMILES string of the molecule is COc1nc(-c2cnc(N)nc2N[C@@H](C)c2cc3cccc(-c4ccc(=O)n(C)c4)c3c(=O)n2-c2ccccc2)cs1. The van der Waals surface area contributed by atoms with Crippen molar-refractivity contribution in [2.75, 3.05) is 18.2 Å². The number of rotatable bonds is 7. The van der Waals surface area contributed by atoms with Crippen molar-refractivity contribution < 1.29 is 4.74 Å². The second-order valence-corrected chi connectivity index (χ2v) is 10.6. The molecule has 0 fully saturated rings. The second kappa shape index (κ2) is 10.9. The zero-order valence-corrected chi connectivity index (χ0v) is 23.9. The van der Waals surface area contributed by atoms with Crippen molar-refractivity contribution in [2.45, 2.75) is 13.0 Å². The normalized spacial score (nSPS) is 11.9. The lowest BCUT2D eigenvalue weighted by Crippen LogP contribution is -2.26. The maximum absolute atomic E-state index is 14.4. The van der Waals surface area contributed by atoms with Crippen molar-refractivity contribution in [3.05, 3.63) is 111 Å². The van der Waals surface area contributed by atoms with E-state index in [9.17, 15) is 9.59 Å². The van der Waals surface area contributed by atoms with Crippen LogP contribution in [0.3, 0.4) is 0 Å². The van der Waals surface area contributed by atoms with E-state index in [2.05, 4.69) is 20.3 Å². The van der Waals surface area contributed by atoms with Crippen LogP contribution in [0.25, 0.3) is 38.8 Å². The molecule has 0 saturated heterocycles. The Bertz CT molecular complexity index is 2050. The fourth-order valence-electron chi connectivity index (χ4n) is 4.98. The summed E-state index contributed by atoms with van der Waals surface area (Å²) >= 11 is 1.36. The molecule has 4 heterocycles. The highest BCUT2D eigenvalue weighted by molar-refractivity contribution is 7.11. The van der Waals surface area contributed by atoms with E-state index in [1.54, 1.807) is 37.2 Å². The van der Waals surface area contributed by atoms with Crippen LogP contribution in [0.1, 0.15) is 18.7 Å². The highest BCUT2D eigenvalue weighted by Crippen LogP contribution is 2.34. The van der Waals surface area contributed by atoms with Gasteiger partial charge in [0.25, 0.3) is 10.8 Å².